The monoisotopic (exact) mass is 554 g/mol. The molecule has 1 unspecified atom stereocenters. The van der Waals surface area contributed by atoms with Crippen molar-refractivity contribution in [2.75, 3.05) is 85.3 Å². The fourth-order valence-electron chi connectivity index (χ4n) is 5.84. The highest BCUT2D eigenvalue weighted by atomic mass is 16.5. The second kappa shape index (κ2) is 23.4. The second-order valence-corrected chi connectivity index (χ2v) is 14.2. The predicted octanol–water partition coefficient (Wildman–Crippen LogP) is 7.30. The molecule has 1 atom stereocenters. The van der Waals surface area contributed by atoms with Gasteiger partial charge in [-0.05, 0) is 107 Å². The van der Waals surface area contributed by atoms with Gasteiger partial charge in [-0.15, -0.1) is 0 Å². The van der Waals surface area contributed by atoms with Gasteiger partial charge >= 0.3 is 0 Å². The van der Waals surface area contributed by atoms with Gasteiger partial charge in [-0.1, -0.05) is 61.8 Å². The lowest BCUT2D eigenvalue weighted by Crippen LogP contribution is -2.37. The molecular formula is C34H71N3O2. The SMILES string of the molecule is CC(C)CC1CCOC1.CC(C)CCN1CCOCC1.CC(C)CN1CCCC1.CC(C)CN1CCCCC1. The first-order chi connectivity index (χ1) is 18.7. The molecule has 4 rings (SSSR count). The second-order valence-electron chi connectivity index (χ2n) is 14.2. The van der Waals surface area contributed by atoms with Crippen molar-refractivity contribution in [3.05, 3.63) is 0 Å². The Morgan fingerprint density at radius 3 is 1.46 bits per heavy atom. The number of ether oxygens (including phenoxy) is 2. The molecule has 4 aliphatic rings. The van der Waals surface area contributed by atoms with Crippen LogP contribution in [0.2, 0.25) is 0 Å². The summed E-state index contributed by atoms with van der Waals surface area (Å²) in [6.45, 7) is 33.7. The van der Waals surface area contributed by atoms with Gasteiger partial charge in [0.25, 0.3) is 0 Å². The quantitative estimate of drug-likeness (QED) is 0.299. The van der Waals surface area contributed by atoms with Gasteiger partial charge in [0.05, 0.1) is 13.2 Å². The van der Waals surface area contributed by atoms with Crippen molar-refractivity contribution in [3.63, 3.8) is 0 Å². The van der Waals surface area contributed by atoms with Gasteiger partial charge in [0.1, 0.15) is 0 Å². The maximum atomic E-state index is 5.26. The molecule has 0 aromatic carbocycles. The van der Waals surface area contributed by atoms with Crippen molar-refractivity contribution >= 4 is 0 Å². The summed E-state index contributed by atoms with van der Waals surface area (Å²) >= 11 is 0. The minimum atomic E-state index is 0.831. The molecule has 0 aromatic heterocycles. The number of hydrogen-bond donors (Lipinski definition) is 0. The van der Waals surface area contributed by atoms with Gasteiger partial charge in [0, 0.05) is 39.4 Å². The van der Waals surface area contributed by atoms with E-state index in [1.807, 2.05) is 0 Å². The smallest absolute Gasteiger partial charge is 0.0594 e. The molecule has 0 bridgehead atoms. The van der Waals surface area contributed by atoms with Crippen LogP contribution in [0.5, 0.6) is 0 Å². The number of morpholine rings is 1. The molecule has 0 aromatic rings. The molecule has 0 radical (unpaired) electrons. The summed E-state index contributed by atoms with van der Waals surface area (Å²) in [7, 11) is 0. The lowest BCUT2D eigenvalue weighted by atomic mass is 9.97. The third-order valence-corrected chi connectivity index (χ3v) is 7.85. The molecule has 4 heterocycles. The van der Waals surface area contributed by atoms with E-state index in [2.05, 4.69) is 70.1 Å². The molecule has 4 aliphatic heterocycles. The largest absolute Gasteiger partial charge is 0.381 e. The topological polar surface area (TPSA) is 28.2 Å². The Hall–Kier alpha value is -0.200. The average Bonchev–Trinajstić information content (AvgIpc) is 3.59. The van der Waals surface area contributed by atoms with Gasteiger partial charge < -0.3 is 19.3 Å². The highest BCUT2D eigenvalue weighted by molar-refractivity contribution is 4.67. The molecule has 0 saturated carbocycles. The Morgan fingerprint density at radius 2 is 1.05 bits per heavy atom. The van der Waals surface area contributed by atoms with E-state index in [1.54, 1.807) is 0 Å². The van der Waals surface area contributed by atoms with Crippen LogP contribution >= 0.6 is 0 Å². The molecule has 0 spiro atoms. The number of nitrogens with zero attached hydrogens (tertiary/aromatic N) is 3. The summed E-state index contributed by atoms with van der Waals surface area (Å²) in [5.41, 5.74) is 0. The molecule has 0 aliphatic carbocycles. The first kappa shape index (κ1) is 36.8. The van der Waals surface area contributed by atoms with Crippen LogP contribution in [0.25, 0.3) is 0 Å². The van der Waals surface area contributed by atoms with Crippen LogP contribution in [-0.4, -0.2) is 100 Å². The van der Waals surface area contributed by atoms with Gasteiger partial charge in [-0.25, -0.2) is 0 Å². The highest BCUT2D eigenvalue weighted by Crippen LogP contribution is 2.20. The molecule has 4 fully saturated rings. The molecule has 4 saturated heterocycles. The van der Waals surface area contributed by atoms with E-state index < -0.39 is 0 Å². The molecule has 5 heteroatoms. The predicted molar refractivity (Wildman–Crippen MR) is 171 cm³/mol. The zero-order valence-electron chi connectivity index (χ0n) is 27.9. The van der Waals surface area contributed by atoms with Crippen molar-refractivity contribution < 1.29 is 9.47 Å². The zero-order valence-corrected chi connectivity index (χ0v) is 27.9. The fraction of sp³-hybridized carbons (Fsp3) is 1.00. The lowest BCUT2D eigenvalue weighted by molar-refractivity contribution is 0.0360. The standard InChI is InChI=1S/C9H19NO.C9H19N.C8H17N.C8H16O/c1-9(2)3-4-10-5-7-11-8-6-10;1-9(2)8-10-6-4-3-5-7-10;1-8(2)7-9-5-3-4-6-9;1-7(2)5-8-3-4-9-6-8/h9H,3-8H2,1-2H3;9H,3-8H2,1-2H3;8H,3-7H2,1-2H3;7-8H,3-6H2,1-2H3. The number of hydrogen-bond acceptors (Lipinski definition) is 5. The van der Waals surface area contributed by atoms with Crippen LogP contribution in [0, 0.1) is 29.6 Å². The number of likely N-dealkylation sites (tertiary alicyclic amines) is 2. The van der Waals surface area contributed by atoms with Crippen molar-refractivity contribution in [1.29, 1.82) is 0 Å². The minimum absolute atomic E-state index is 0.831. The summed E-state index contributed by atoms with van der Waals surface area (Å²) in [4.78, 5) is 7.64. The molecule has 5 nitrogen and oxygen atoms in total. The van der Waals surface area contributed by atoms with Gasteiger partial charge in [0.15, 0.2) is 0 Å². The van der Waals surface area contributed by atoms with Crippen molar-refractivity contribution in [1.82, 2.24) is 14.7 Å². The molecule has 0 amide bonds. The van der Waals surface area contributed by atoms with E-state index in [0.29, 0.717) is 0 Å². The maximum absolute atomic E-state index is 5.26. The summed E-state index contributed by atoms with van der Waals surface area (Å²) in [6, 6.07) is 0. The first-order valence-corrected chi connectivity index (χ1v) is 17.0. The maximum Gasteiger partial charge on any atom is 0.0594 e. The summed E-state index contributed by atoms with van der Waals surface area (Å²) in [6.07, 6.45) is 11.1. The van der Waals surface area contributed by atoms with Crippen LogP contribution < -0.4 is 0 Å². The average molecular weight is 554 g/mol. The normalized spacial score (nSPS) is 22.9. The van der Waals surface area contributed by atoms with E-state index in [9.17, 15) is 0 Å². The van der Waals surface area contributed by atoms with E-state index in [0.717, 1.165) is 69.1 Å². The molecule has 234 valence electrons. The summed E-state index contributed by atoms with van der Waals surface area (Å²) in [5, 5.41) is 0. The molecule has 39 heavy (non-hydrogen) atoms. The summed E-state index contributed by atoms with van der Waals surface area (Å²) < 4.78 is 10.5. The van der Waals surface area contributed by atoms with Crippen LogP contribution in [0.4, 0.5) is 0 Å². The van der Waals surface area contributed by atoms with Crippen LogP contribution in [-0.2, 0) is 9.47 Å². The highest BCUT2D eigenvalue weighted by Gasteiger charge is 2.16. The van der Waals surface area contributed by atoms with E-state index in [1.165, 1.54) is 97.2 Å². The number of piperidine rings is 1. The Bertz CT molecular complexity index is 495. The van der Waals surface area contributed by atoms with Crippen molar-refractivity contribution in [3.8, 4) is 0 Å². The number of rotatable bonds is 9. The van der Waals surface area contributed by atoms with Gasteiger partial charge in [-0.2, -0.15) is 0 Å². The Morgan fingerprint density at radius 1 is 0.538 bits per heavy atom. The van der Waals surface area contributed by atoms with E-state index in [4.69, 9.17) is 9.47 Å². The van der Waals surface area contributed by atoms with Crippen LogP contribution in [0.3, 0.4) is 0 Å². The third kappa shape index (κ3) is 22.1. The van der Waals surface area contributed by atoms with Crippen LogP contribution in [0.1, 0.15) is 107 Å². The van der Waals surface area contributed by atoms with Gasteiger partial charge in [-0.3, -0.25) is 4.90 Å². The van der Waals surface area contributed by atoms with E-state index in [-0.39, 0.29) is 0 Å². The zero-order chi connectivity index (χ0) is 28.9. The molecule has 0 N–H and O–H groups in total. The van der Waals surface area contributed by atoms with Gasteiger partial charge in [0.2, 0.25) is 0 Å². The summed E-state index contributed by atoms with van der Waals surface area (Å²) in [5.74, 6) is 4.24. The van der Waals surface area contributed by atoms with Crippen LogP contribution in [0.15, 0.2) is 0 Å². The van der Waals surface area contributed by atoms with Crippen molar-refractivity contribution in [2.45, 2.75) is 107 Å². The third-order valence-electron chi connectivity index (χ3n) is 7.85. The minimum Gasteiger partial charge on any atom is -0.381 e. The lowest BCUT2D eigenvalue weighted by Gasteiger charge is -2.27. The van der Waals surface area contributed by atoms with Crippen molar-refractivity contribution in [2.24, 2.45) is 29.6 Å². The first-order valence-electron chi connectivity index (χ1n) is 17.0. The van der Waals surface area contributed by atoms with E-state index >= 15 is 0 Å². The Balaban J connectivity index is 0.000000261. The Labute approximate surface area is 245 Å². The fourth-order valence-corrected chi connectivity index (χ4v) is 5.84. The molecular weight excluding hydrogens is 482 g/mol. The Kier molecular flexibility index (Phi) is 22.1.